The summed E-state index contributed by atoms with van der Waals surface area (Å²) in [6.07, 6.45) is 1.74. The van der Waals surface area contributed by atoms with Gasteiger partial charge in [0.25, 0.3) is 0 Å². The molecule has 2 heteroatoms. The van der Waals surface area contributed by atoms with E-state index in [4.69, 9.17) is 10.2 Å². The molecule has 0 aromatic rings. The fourth-order valence-electron chi connectivity index (χ4n) is 0.841. The first-order chi connectivity index (χ1) is 3.69. The van der Waals surface area contributed by atoms with Crippen LogP contribution in [0.25, 0.3) is 0 Å². The molecule has 1 fully saturated rings. The minimum absolute atomic E-state index is 0.484. The Labute approximate surface area is 49.1 Å². The van der Waals surface area contributed by atoms with Crippen LogP contribution in [0.2, 0.25) is 0 Å². The van der Waals surface area contributed by atoms with E-state index in [9.17, 15) is 0 Å². The van der Waals surface area contributed by atoms with E-state index in [0.717, 1.165) is 12.8 Å². The SMILES string of the molecule is CCC(O)C1(O)CC1. The molecule has 2 nitrogen and oxygen atoms in total. The molecule has 0 bridgehead atoms. The van der Waals surface area contributed by atoms with Crippen LogP contribution in [0.5, 0.6) is 0 Å². The summed E-state index contributed by atoms with van der Waals surface area (Å²) in [6, 6.07) is 0. The van der Waals surface area contributed by atoms with E-state index >= 15 is 0 Å². The predicted octanol–water partition coefficient (Wildman–Crippen LogP) is 0.282. The summed E-state index contributed by atoms with van der Waals surface area (Å²) in [6.45, 7) is 1.88. The lowest BCUT2D eigenvalue weighted by Crippen LogP contribution is -2.26. The van der Waals surface area contributed by atoms with Crippen molar-refractivity contribution in [3.63, 3.8) is 0 Å². The van der Waals surface area contributed by atoms with Gasteiger partial charge in [-0.15, -0.1) is 0 Å². The van der Waals surface area contributed by atoms with Crippen LogP contribution >= 0.6 is 0 Å². The highest BCUT2D eigenvalue weighted by Gasteiger charge is 2.46. The van der Waals surface area contributed by atoms with E-state index in [-0.39, 0.29) is 0 Å². The second-order valence-electron chi connectivity index (χ2n) is 2.53. The summed E-state index contributed by atoms with van der Waals surface area (Å²) in [5.74, 6) is 0. The predicted molar refractivity (Wildman–Crippen MR) is 30.5 cm³/mol. The van der Waals surface area contributed by atoms with Crippen LogP contribution in [0.15, 0.2) is 0 Å². The van der Waals surface area contributed by atoms with E-state index in [1.807, 2.05) is 6.92 Å². The molecular weight excluding hydrogens is 104 g/mol. The van der Waals surface area contributed by atoms with Crippen molar-refractivity contribution in [2.75, 3.05) is 0 Å². The van der Waals surface area contributed by atoms with Crippen molar-refractivity contribution in [1.29, 1.82) is 0 Å². The molecule has 2 N–H and O–H groups in total. The van der Waals surface area contributed by atoms with Gasteiger partial charge < -0.3 is 10.2 Å². The van der Waals surface area contributed by atoms with E-state index in [1.54, 1.807) is 0 Å². The molecule has 1 rings (SSSR count). The molecule has 1 unspecified atom stereocenters. The third-order valence-electron chi connectivity index (χ3n) is 1.77. The maximum atomic E-state index is 9.15. The highest BCUT2D eigenvalue weighted by Crippen LogP contribution is 2.39. The quantitative estimate of drug-likeness (QED) is 0.544. The molecule has 1 aliphatic rings. The number of hydrogen-bond donors (Lipinski definition) is 2. The second kappa shape index (κ2) is 1.71. The maximum absolute atomic E-state index is 9.15. The highest BCUT2D eigenvalue weighted by atomic mass is 16.3. The standard InChI is InChI=1S/C6H12O2/c1-2-5(7)6(8)3-4-6/h5,7-8H,2-4H2,1H3. The van der Waals surface area contributed by atoms with Crippen molar-refractivity contribution in [3.8, 4) is 0 Å². The molecule has 0 amide bonds. The van der Waals surface area contributed by atoms with Gasteiger partial charge in [0, 0.05) is 0 Å². The summed E-state index contributed by atoms with van der Waals surface area (Å²) < 4.78 is 0. The zero-order chi connectivity index (χ0) is 6.20. The van der Waals surface area contributed by atoms with Crippen LogP contribution in [-0.4, -0.2) is 21.9 Å². The van der Waals surface area contributed by atoms with Crippen molar-refractivity contribution in [2.24, 2.45) is 0 Å². The third-order valence-corrected chi connectivity index (χ3v) is 1.77. The molecule has 0 saturated heterocycles. The Kier molecular flexibility index (Phi) is 1.29. The third kappa shape index (κ3) is 0.858. The van der Waals surface area contributed by atoms with Gasteiger partial charge in [0.2, 0.25) is 0 Å². The smallest absolute Gasteiger partial charge is 0.0907 e. The first-order valence-electron chi connectivity index (χ1n) is 3.09. The minimum atomic E-state index is -0.686. The maximum Gasteiger partial charge on any atom is 0.0907 e. The molecule has 0 radical (unpaired) electrons. The minimum Gasteiger partial charge on any atom is -0.390 e. The van der Waals surface area contributed by atoms with Gasteiger partial charge in [-0.25, -0.2) is 0 Å². The van der Waals surface area contributed by atoms with Gasteiger partial charge >= 0.3 is 0 Å². The number of aliphatic hydroxyl groups excluding tert-OH is 1. The first kappa shape index (κ1) is 6.05. The van der Waals surface area contributed by atoms with Gasteiger partial charge in [0.15, 0.2) is 0 Å². The lowest BCUT2D eigenvalue weighted by atomic mass is 10.1. The summed E-state index contributed by atoms with van der Waals surface area (Å²) in [7, 11) is 0. The lowest BCUT2D eigenvalue weighted by Gasteiger charge is -2.12. The summed E-state index contributed by atoms with van der Waals surface area (Å²) >= 11 is 0. The Morgan fingerprint density at radius 3 is 2.25 bits per heavy atom. The van der Waals surface area contributed by atoms with E-state index in [2.05, 4.69) is 0 Å². The summed E-state index contributed by atoms with van der Waals surface area (Å²) in [5.41, 5.74) is -0.686. The Hall–Kier alpha value is -0.0800. The molecule has 1 aliphatic carbocycles. The number of hydrogen-bond acceptors (Lipinski definition) is 2. The topological polar surface area (TPSA) is 40.5 Å². The van der Waals surface area contributed by atoms with Crippen LogP contribution < -0.4 is 0 Å². The van der Waals surface area contributed by atoms with Crippen molar-refractivity contribution in [1.82, 2.24) is 0 Å². The van der Waals surface area contributed by atoms with Gasteiger partial charge in [-0.2, -0.15) is 0 Å². The van der Waals surface area contributed by atoms with Gasteiger partial charge in [-0.3, -0.25) is 0 Å². The fourth-order valence-corrected chi connectivity index (χ4v) is 0.841. The Morgan fingerprint density at radius 1 is 1.62 bits per heavy atom. The molecule has 0 aromatic heterocycles. The summed E-state index contributed by atoms with van der Waals surface area (Å²) in [5, 5.41) is 18.2. The highest BCUT2D eigenvalue weighted by molar-refractivity contribution is 4.98. The molecule has 8 heavy (non-hydrogen) atoms. The van der Waals surface area contributed by atoms with Crippen molar-refractivity contribution in [3.05, 3.63) is 0 Å². The van der Waals surface area contributed by atoms with E-state index < -0.39 is 11.7 Å². The van der Waals surface area contributed by atoms with Crippen molar-refractivity contribution in [2.45, 2.75) is 37.9 Å². The number of aliphatic hydroxyl groups is 2. The van der Waals surface area contributed by atoms with Crippen LogP contribution in [0.1, 0.15) is 26.2 Å². The molecule has 1 saturated carbocycles. The van der Waals surface area contributed by atoms with Crippen molar-refractivity contribution >= 4 is 0 Å². The first-order valence-corrected chi connectivity index (χ1v) is 3.09. The van der Waals surface area contributed by atoms with Crippen LogP contribution in [0, 0.1) is 0 Å². The van der Waals surface area contributed by atoms with Gasteiger partial charge in [-0.05, 0) is 19.3 Å². The molecule has 0 spiro atoms. The Morgan fingerprint density at radius 2 is 2.12 bits per heavy atom. The molecule has 48 valence electrons. The molecule has 0 heterocycles. The summed E-state index contributed by atoms with van der Waals surface area (Å²) in [4.78, 5) is 0. The molecule has 0 aliphatic heterocycles. The van der Waals surface area contributed by atoms with E-state index in [0.29, 0.717) is 6.42 Å². The van der Waals surface area contributed by atoms with Crippen LogP contribution in [0.4, 0.5) is 0 Å². The van der Waals surface area contributed by atoms with Crippen LogP contribution in [0.3, 0.4) is 0 Å². The van der Waals surface area contributed by atoms with Crippen molar-refractivity contribution < 1.29 is 10.2 Å². The monoisotopic (exact) mass is 116 g/mol. The van der Waals surface area contributed by atoms with E-state index in [1.165, 1.54) is 0 Å². The number of rotatable bonds is 2. The zero-order valence-electron chi connectivity index (χ0n) is 5.09. The lowest BCUT2D eigenvalue weighted by molar-refractivity contribution is -0.00200. The Balaban J connectivity index is 2.34. The molecule has 0 aromatic carbocycles. The Bertz CT molecular complexity index is 86.5. The van der Waals surface area contributed by atoms with Gasteiger partial charge in [-0.1, -0.05) is 6.92 Å². The van der Waals surface area contributed by atoms with Gasteiger partial charge in [0.05, 0.1) is 11.7 Å². The second-order valence-corrected chi connectivity index (χ2v) is 2.53. The largest absolute Gasteiger partial charge is 0.390 e. The average molecular weight is 116 g/mol. The fraction of sp³-hybridized carbons (Fsp3) is 1.00. The normalized spacial score (nSPS) is 27.4. The van der Waals surface area contributed by atoms with Crippen LogP contribution in [-0.2, 0) is 0 Å². The molecule has 1 atom stereocenters. The average Bonchev–Trinajstić information content (AvgIpc) is 2.47. The molecular formula is C6H12O2. The zero-order valence-corrected chi connectivity index (χ0v) is 5.09. The van der Waals surface area contributed by atoms with Gasteiger partial charge in [0.1, 0.15) is 0 Å².